The van der Waals surface area contributed by atoms with E-state index in [9.17, 15) is 24.0 Å². The molecular weight excluding hydrogens is 392 g/mol. The average molecular weight is 418 g/mol. The van der Waals surface area contributed by atoms with Crippen LogP contribution in [-0.2, 0) is 24.7 Å². The van der Waals surface area contributed by atoms with Crippen LogP contribution in [0.3, 0.4) is 0 Å². The summed E-state index contributed by atoms with van der Waals surface area (Å²) in [7, 11) is 0. The highest BCUT2D eigenvalue weighted by molar-refractivity contribution is 6.09. The fourth-order valence-corrected chi connectivity index (χ4v) is 2.77. The molecule has 1 fully saturated rings. The van der Waals surface area contributed by atoms with E-state index in [1.165, 1.54) is 0 Å². The van der Waals surface area contributed by atoms with Crippen molar-refractivity contribution in [1.29, 1.82) is 0 Å². The van der Waals surface area contributed by atoms with Crippen LogP contribution in [0.1, 0.15) is 38.3 Å². The molecule has 30 heavy (non-hydrogen) atoms. The lowest BCUT2D eigenvalue weighted by molar-refractivity contribution is -0.150. The van der Waals surface area contributed by atoms with Crippen LogP contribution >= 0.6 is 0 Å². The Kier molecular flexibility index (Phi) is 7.14. The summed E-state index contributed by atoms with van der Waals surface area (Å²) in [4.78, 5) is 61.0. The van der Waals surface area contributed by atoms with E-state index in [2.05, 4.69) is 10.6 Å². The van der Waals surface area contributed by atoms with Crippen molar-refractivity contribution in [2.75, 3.05) is 13.2 Å². The number of nitrogens with zero attached hydrogens (tertiary/aromatic N) is 1. The molecule has 0 spiro atoms. The van der Waals surface area contributed by atoms with Crippen LogP contribution in [0.5, 0.6) is 0 Å². The zero-order valence-electron chi connectivity index (χ0n) is 17.4. The molecule has 0 aliphatic carbocycles. The Morgan fingerprint density at radius 1 is 1.20 bits per heavy atom. The molecule has 1 aromatic rings. The lowest BCUT2D eigenvalue weighted by Gasteiger charge is -2.22. The minimum atomic E-state index is -1.31. The molecule has 0 bridgehead atoms. The summed E-state index contributed by atoms with van der Waals surface area (Å²) in [6.07, 6.45) is 0.685. The summed E-state index contributed by atoms with van der Waals surface area (Å²) in [5.41, 5.74) is 0.265. The number of amides is 6. The van der Waals surface area contributed by atoms with Crippen molar-refractivity contribution in [3.63, 3.8) is 0 Å². The Hall–Kier alpha value is -3.43. The predicted octanol–water partition coefficient (Wildman–Crippen LogP) is 0.930. The molecule has 162 valence electrons. The normalized spacial score (nSPS) is 19.1. The van der Waals surface area contributed by atoms with Crippen LogP contribution in [0.4, 0.5) is 9.59 Å². The summed E-state index contributed by atoms with van der Waals surface area (Å²) >= 11 is 0. The van der Waals surface area contributed by atoms with Crippen LogP contribution in [0.25, 0.3) is 0 Å². The van der Waals surface area contributed by atoms with Crippen molar-refractivity contribution in [1.82, 2.24) is 20.9 Å². The summed E-state index contributed by atoms with van der Waals surface area (Å²) < 4.78 is 4.78. The molecule has 1 aliphatic heterocycles. The third kappa shape index (κ3) is 5.34. The van der Waals surface area contributed by atoms with Crippen molar-refractivity contribution in [3.05, 3.63) is 35.4 Å². The Morgan fingerprint density at radius 2 is 1.83 bits per heavy atom. The van der Waals surface area contributed by atoms with Gasteiger partial charge in [0, 0.05) is 6.04 Å². The minimum Gasteiger partial charge on any atom is -0.454 e. The van der Waals surface area contributed by atoms with Crippen molar-refractivity contribution in [3.8, 4) is 0 Å². The fourth-order valence-electron chi connectivity index (χ4n) is 2.77. The number of imide groups is 2. The highest BCUT2D eigenvalue weighted by Crippen LogP contribution is 2.28. The van der Waals surface area contributed by atoms with Crippen molar-refractivity contribution < 1.29 is 28.7 Å². The van der Waals surface area contributed by atoms with Gasteiger partial charge in [-0.2, -0.15) is 0 Å². The maximum Gasteiger partial charge on any atom is 0.326 e. The first-order valence-corrected chi connectivity index (χ1v) is 9.54. The van der Waals surface area contributed by atoms with Crippen LogP contribution < -0.4 is 16.0 Å². The number of ether oxygens (including phenoxy) is 1. The smallest absolute Gasteiger partial charge is 0.326 e. The first-order chi connectivity index (χ1) is 14.1. The average Bonchev–Trinajstić information content (AvgIpc) is 2.90. The first-order valence-electron chi connectivity index (χ1n) is 9.54. The molecule has 0 radical (unpaired) electrons. The number of esters is 1. The van der Waals surface area contributed by atoms with Crippen LogP contribution in [0, 0.1) is 6.92 Å². The number of rotatable bonds is 7. The van der Waals surface area contributed by atoms with Gasteiger partial charge in [-0.15, -0.1) is 0 Å². The van der Waals surface area contributed by atoms with E-state index in [1.807, 2.05) is 31.3 Å². The number of urea groups is 2. The summed E-state index contributed by atoms with van der Waals surface area (Å²) in [5.74, 6) is -2.39. The second kappa shape index (κ2) is 9.38. The monoisotopic (exact) mass is 418 g/mol. The maximum absolute atomic E-state index is 12.8. The lowest BCUT2D eigenvalue weighted by Crippen LogP contribution is -2.45. The van der Waals surface area contributed by atoms with E-state index >= 15 is 0 Å². The van der Waals surface area contributed by atoms with Gasteiger partial charge in [0.2, 0.25) is 0 Å². The van der Waals surface area contributed by atoms with Gasteiger partial charge in [-0.25, -0.2) is 9.59 Å². The summed E-state index contributed by atoms with van der Waals surface area (Å²) in [6, 6.07) is 5.52. The topological polar surface area (TPSA) is 134 Å². The number of benzene rings is 1. The number of carbonyl (C=O) groups is 5. The molecule has 1 aliphatic rings. The van der Waals surface area contributed by atoms with Gasteiger partial charge in [-0.1, -0.05) is 36.8 Å². The third-order valence-electron chi connectivity index (χ3n) is 4.80. The van der Waals surface area contributed by atoms with E-state index in [1.54, 1.807) is 26.0 Å². The van der Waals surface area contributed by atoms with E-state index in [4.69, 9.17) is 4.74 Å². The van der Waals surface area contributed by atoms with E-state index in [0.717, 1.165) is 10.5 Å². The van der Waals surface area contributed by atoms with Crippen molar-refractivity contribution in [2.45, 2.75) is 45.7 Å². The minimum absolute atomic E-state index is 0.122. The molecule has 6 amide bonds. The molecule has 2 atom stereocenters. The van der Waals surface area contributed by atoms with E-state index in [-0.39, 0.29) is 6.04 Å². The number of nitrogens with one attached hydrogen (secondary N) is 3. The third-order valence-corrected chi connectivity index (χ3v) is 4.80. The molecule has 3 N–H and O–H groups in total. The molecule has 0 unspecified atom stereocenters. The Bertz CT molecular complexity index is 853. The SMILES string of the molecule is CC[C@@H](C)NC(=O)NC(=O)COC(=O)CN1C(=O)N[C@](C)(c2ccc(C)cc2)C1=O. The number of carbonyl (C=O) groups excluding carboxylic acids is 5. The van der Waals surface area contributed by atoms with Gasteiger partial charge in [0.05, 0.1) is 0 Å². The Balaban J connectivity index is 1.90. The quantitative estimate of drug-likeness (QED) is 0.445. The number of aryl methyl sites for hydroxylation is 1. The van der Waals surface area contributed by atoms with E-state index in [0.29, 0.717) is 12.0 Å². The van der Waals surface area contributed by atoms with Gasteiger partial charge >= 0.3 is 18.0 Å². The highest BCUT2D eigenvalue weighted by atomic mass is 16.5. The van der Waals surface area contributed by atoms with Gasteiger partial charge in [0.25, 0.3) is 11.8 Å². The van der Waals surface area contributed by atoms with Gasteiger partial charge < -0.3 is 15.4 Å². The summed E-state index contributed by atoms with van der Waals surface area (Å²) in [5, 5.41) is 7.14. The summed E-state index contributed by atoms with van der Waals surface area (Å²) in [6.45, 7) is 5.71. The molecule has 0 saturated carbocycles. The van der Waals surface area contributed by atoms with Gasteiger partial charge in [0.1, 0.15) is 12.1 Å². The zero-order valence-corrected chi connectivity index (χ0v) is 17.4. The molecule has 2 rings (SSSR count). The van der Waals surface area contributed by atoms with Crippen molar-refractivity contribution in [2.24, 2.45) is 0 Å². The lowest BCUT2D eigenvalue weighted by atomic mass is 9.91. The first kappa shape index (κ1) is 22.9. The molecule has 1 heterocycles. The van der Waals surface area contributed by atoms with E-state index < -0.39 is 48.5 Å². The van der Waals surface area contributed by atoms with Crippen LogP contribution in [0.15, 0.2) is 24.3 Å². The maximum atomic E-state index is 12.8. The van der Waals surface area contributed by atoms with Crippen molar-refractivity contribution >= 4 is 29.8 Å². The van der Waals surface area contributed by atoms with Crippen LogP contribution in [0.2, 0.25) is 0 Å². The van der Waals surface area contributed by atoms with Gasteiger partial charge in [-0.3, -0.25) is 24.6 Å². The second-order valence-electron chi connectivity index (χ2n) is 7.30. The molecular formula is C20H26N4O6. The standard InChI is InChI=1S/C20H26N4O6/c1-5-13(3)21-18(28)22-15(25)11-30-16(26)10-24-17(27)20(4,23-19(24)29)14-8-6-12(2)7-9-14/h6-9,13H,5,10-11H2,1-4H3,(H,23,29)(H2,21,22,25,28)/t13-,20-/m1/s1. The Morgan fingerprint density at radius 3 is 2.43 bits per heavy atom. The molecule has 10 heteroatoms. The Labute approximate surface area is 174 Å². The molecule has 0 aromatic heterocycles. The number of hydrogen-bond acceptors (Lipinski definition) is 6. The van der Waals surface area contributed by atoms with Crippen LogP contribution in [-0.4, -0.2) is 53.9 Å². The largest absolute Gasteiger partial charge is 0.454 e. The second-order valence-corrected chi connectivity index (χ2v) is 7.30. The fraction of sp³-hybridized carbons (Fsp3) is 0.450. The molecule has 10 nitrogen and oxygen atoms in total. The molecule has 1 saturated heterocycles. The number of hydrogen-bond donors (Lipinski definition) is 3. The van der Waals surface area contributed by atoms with Gasteiger partial charge in [0.15, 0.2) is 6.61 Å². The highest BCUT2D eigenvalue weighted by Gasteiger charge is 2.49. The molecule has 1 aromatic carbocycles. The predicted molar refractivity (Wildman–Crippen MR) is 106 cm³/mol. The van der Waals surface area contributed by atoms with Gasteiger partial charge in [-0.05, 0) is 32.8 Å². The zero-order chi connectivity index (χ0) is 22.5.